The predicted molar refractivity (Wildman–Crippen MR) is 144 cm³/mol. The number of hydrogen-bond acceptors (Lipinski definition) is 9. The van der Waals surface area contributed by atoms with E-state index in [1.807, 2.05) is 0 Å². The van der Waals surface area contributed by atoms with Crippen LogP contribution in [0, 0.1) is 0 Å². The average molecular weight is 542 g/mol. The van der Waals surface area contributed by atoms with Crippen LogP contribution in [0.4, 0.5) is 0 Å². The first-order valence-corrected chi connectivity index (χ1v) is 16.7. The lowest BCUT2D eigenvalue weighted by atomic mass is 10.1. The fourth-order valence-corrected chi connectivity index (χ4v) is 5.28. The van der Waals surface area contributed by atoms with Crippen molar-refractivity contribution in [2.75, 3.05) is 40.1 Å². The van der Waals surface area contributed by atoms with Crippen LogP contribution in [-0.2, 0) is 20.9 Å². The van der Waals surface area contributed by atoms with Gasteiger partial charge in [0.1, 0.15) is 13.3 Å². The van der Waals surface area contributed by atoms with Gasteiger partial charge in [0.25, 0.3) is 0 Å². The molecular formula is C25H35N7O5Si. The Morgan fingerprint density at radius 2 is 1.92 bits per heavy atom. The van der Waals surface area contributed by atoms with Gasteiger partial charge in [0.2, 0.25) is 5.88 Å². The van der Waals surface area contributed by atoms with Crippen LogP contribution in [0.25, 0.3) is 28.1 Å². The number of hydrogen-bond donors (Lipinski definition) is 0. The molecule has 38 heavy (non-hydrogen) atoms. The maximum absolute atomic E-state index is 13.9. The monoisotopic (exact) mass is 541 g/mol. The second-order valence-electron chi connectivity index (χ2n) is 10.6. The standard InChI is InChI=1S/C25H35N7O5Si/c1-34-11-12-37-24-21-23(28-22(29-24)19-15-27-31-8-7-26-16-20(19)31)32(18-5-9-35-10-6-18)25(33)30(21)17-36-13-14-38(2,3)4/h7-8,15-16,18H,5-6,9-14,17H2,1-4H3. The molecule has 0 aliphatic carbocycles. The van der Waals surface area contributed by atoms with Gasteiger partial charge < -0.3 is 18.9 Å². The number of ether oxygens (including phenoxy) is 4. The highest BCUT2D eigenvalue weighted by Gasteiger charge is 2.28. The van der Waals surface area contributed by atoms with Crippen LogP contribution < -0.4 is 10.4 Å². The van der Waals surface area contributed by atoms with Crippen LogP contribution in [-0.4, -0.2) is 81.9 Å². The fraction of sp³-hybridized carbons (Fsp3) is 0.560. The van der Waals surface area contributed by atoms with Gasteiger partial charge in [0.15, 0.2) is 17.0 Å². The van der Waals surface area contributed by atoms with Gasteiger partial charge in [-0.1, -0.05) is 19.6 Å². The van der Waals surface area contributed by atoms with Crippen molar-refractivity contribution >= 4 is 24.8 Å². The molecule has 5 heterocycles. The maximum atomic E-state index is 13.9. The van der Waals surface area contributed by atoms with E-state index in [-0.39, 0.29) is 25.1 Å². The largest absolute Gasteiger partial charge is 0.474 e. The zero-order valence-electron chi connectivity index (χ0n) is 22.4. The van der Waals surface area contributed by atoms with Crippen molar-refractivity contribution in [1.29, 1.82) is 0 Å². The number of nitrogens with zero attached hydrogens (tertiary/aromatic N) is 7. The molecule has 1 saturated heterocycles. The highest BCUT2D eigenvalue weighted by Crippen LogP contribution is 2.31. The van der Waals surface area contributed by atoms with Crippen LogP contribution in [0.1, 0.15) is 18.9 Å². The van der Waals surface area contributed by atoms with Gasteiger partial charge in [-0.05, 0) is 18.9 Å². The minimum absolute atomic E-state index is 0.0536. The summed E-state index contributed by atoms with van der Waals surface area (Å²) in [6.45, 7) is 9.40. The van der Waals surface area contributed by atoms with E-state index in [9.17, 15) is 4.79 Å². The Morgan fingerprint density at radius 1 is 1.11 bits per heavy atom. The lowest BCUT2D eigenvalue weighted by Gasteiger charge is -2.23. The first-order chi connectivity index (χ1) is 18.4. The lowest BCUT2D eigenvalue weighted by molar-refractivity contribution is 0.0669. The average Bonchev–Trinajstić information content (AvgIpc) is 3.45. The van der Waals surface area contributed by atoms with E-state index in [1.54, 1.807) is 45.5 Å². The minimum Gasteiger partial charge on any atom is -0.474 e. The SMILES string of the molecule is COCCOc1nc(-c2cnn3ccncc23)nc2c1n(COCC[Si](C)(C)C)c(=O)n2C1CCOCC1. The van der Waals surface area contributed by atoms with Gasteiger partial charge in [0.05, 0.1) is 30.1 Å². The summed E-state index contributed by atoms with van der Waals surface area (Å²) < 4.78 is 28.0. The Balaban J connectivity index is 1.66. The minimum atomic E-state index is -1.29. The maximum Gasteiger partial charge on any atom is 0.332 e. The van der Waals surface area contributed by atoms with Crippen LogP contribution in [0.3, 0.4) is 0 Å². The summed E-state index contributed by atoms with van der Waals surface area (Å²) in [7, 11) is 0.326. The van der Waals surface area contributed by atoms with Crippen LogP contribution in [0.5, 0.6) is 5.88 Å². The van der Waals surface area contributed by atoms with Gasteiger partial charge in [-0.3, -0.25) is 14.1 Å². The molecule has 13 heteroatoms. The van der Waals surface area contributed by atoms with Crippen molar-refractivity contribution in [3.63, 3.8) is 0 Å². The second kappa shape index (κ2) is 11.3. The molecule has 12 nitrogen and oxygen atoms in total. The molecule has 204 valence electrons. The third kappa shape index (κ3) is 5.50. The summed E-state index contributed by atoms with van der Waals surface area (Å²) in [6.07, 6.45) is 8.28. The third-order valence-corrected chi connectivity index (χ3v) is 8.34. The number of imidazole rings is 1. The summed E-state index contributed by atoms with van der Waals surface area (Å²) in [5, 5.41) is 4.41. The Bertz CT molecular complexity index is 1450. The smallest absolute Gasteiger partial charge is 0.332 e. The van der Waals surface area contributed by atoms with Crippen molar-refractivity contribution in [2.45, 2.75) is 51.3 Å². The quantitative estimate of drug-likeness (QED) is 0.208. The molecule has 5 rings (SSSR count). The molecule has 0 radical (unpaired) electrons. The number of methoxy groups -OCH3 is 1. The molecule has 0 N–H and O–H groups in total. The normalized spacial score (nSPS) is 15.1. The third-order valence-electron chi connectivity index (χ3n) is 6.63. The Hall–Kier alpha value is -3.13. The second-order valence-corrected chi connectivity index (χ2v) is 16.2. The molecule has 0 unspecified atom stereocenters. The van der Waals surface area contributed by atoms with Crippen molar-refractivity contribution in [1.82, 2.24) is 33.7 Å². The first-order valence-electron chi connectivity index (χ1n) is 12.9. The van der Waals surface area contributed by atoms with Gasteiger partial charge in [-0.15, -0.1) is 0 Å². The fourth-order valence-electron chi connectivity index (χ4n) is 4.52. The zero-order chi connectivity index (χ0) is 26.7. The molecule has 1 fully saturated rings. The number of rotatable bonds is 11. The lowest BCUT2D eigenvalue weighted by Crippen LogP contribution is -2.31. The Labute approximate surface area is 221 Å². The number of aromatic nitrogens is 7. The van der Waals surface area contributed by atoms with E-state index >= 15 is 0 Å². The van der Waals surface area contributed by atoms with Crippen LogP contribution in [0.2, 0.25) is 25.7 Å². The summed E-state index contributed by atoms with van der Waals surface area (Å²) >= 11 is 0. The van der Waals surface area contributed by atoms with Gasteiger partial charge in [-0.2, -0.15) is 10.1 Å². The zero-order valence-corrected chi connectivity index (χ0v) is 23.4. The molecule has 1 aliphatic heterocycles. The van der Waals surface area contributed by atoms with Crippen molar-refractivity contribution < 1.29 is 18.9 Å². The molecule has 0 saturated carbocycles. The molecule has 0 spiro atoms. The summed E-state index contributed by atoms with van der Waals surface area (Å²) in [5.74, 6) is 0.715. The van der Waals surface area contributed by atoms with Crippen LogP contribution >= 0.6 is 0 Å². The van der Waals surface area contributed by atoms with Crippen molar-refractivity contribution in [3.8, 4) is 17.3 Å². The van der Waals surface area contributed by atoms with Gasteiger partial charge >= 0.3 is 5.69 Å². The van der Waals surface area contributed by atoms with Crippen LogP contribution in [0.15, 0.2) is 29.6 Å². The molecule has 4 aromatic rings. The molecule has 4 aromatic heterocycles. The van der Waals surface area contributed by atoms with Gasteiger partial charge in [-0.25, -0.2) is 14.3 Å². The summed E-state index contributed by atoms with van der Waals surface area (Å²) in [5.41, 5.74) is 2.29. The summed E-state index contributed by atoms with van der Waals surface area (Å²) in [4.78, 5) is 27.9. The predicted octanol–water partition coefficient (Wildman–Crippen LogP) is 2.99. The van der Waals surface area contributed by atoms with Crippen molar-refractivity contribution in [3.05, 3.63) is 35.3 Å². The van der Waals surface area contributed by atoms with E-state index in [4.69, 9.17) is 28.9 Å². The van der Waals surface area contributed by atoms with E-state index in [0.717, 1.165) is 24.4 Å². The molecule has 0 amide bonds. The molecule has 1 aliphatic rings. The molecule has 0 aromatic carbocycles. The van der Waals surface area contributed by atoms with Crippen molar-refractivity contribution in [2.24, 2.45) is 0 Å². The molecule has 0 atom stereocenters. The Morgan fingerprint density at radius 3 is 2.68 bits per heavy atom. The number of fused-ring (bicyclic) bond motifs is 2. The molecule has 0 bridgehead atoms. The topological polar surface area (TPSA) is 120 Å². The van der Waals surface area contributed by atoms with E-state index < -0.39 is 8.07 Å². The van der Waals surface area contributed by atoms with E-state index in [1.165, 1.54) is 0 Å². The highest BCUT2D eigenvalue weighted by atomic mass is 28.3. The molecular weight excluding hydrogens is 506 g/mol. The van der Waals surface area contributed by atoms with Gasteiger partial charge in [0, 0.05) is 53.4 Å². The van der Waals surface area contributed by atoms with E-state index in [0.29, 0.717) is 54.9 Å². The summed E-state index contributed by atoms with van der Waals surface area (Å²) in [6, 6.07) is 0.947. The first kappa shape index (κ1) is 26.5. The highest BCUT2D eigenvalue weighted by molar-refractivity contribution is 6.76. The van der Waals surface area contributed by atoms with E-state index in [2.05, 4.69) is 29.7 Å². The Kier molecular flexibility index (Phi) is 7.88.